The minimum Gasteiger partial charge on any atom is -0.352 e. The molecule has 0 saturated carbocycles. The van der Waals surface area contributed by atoms with Crippen molar-refractivity contribution < 1.29 is 9.59 Å². The van der Waals surface area contributed by atoms with E-state index in [4.69, 9.17) is 11.4 Å². The summed E-state index contributed by atoms with van der Waals surface area (Å²) >= 11 is 1.52. The highest BCUT2D eigenvalue weighted by Crippen LogP contribution is 2.39. The number of carbonyl (C=O) groups is 2. The Bertz CT molecular complexity index is 1640. The fraction of sp³-hybridized carbons (Fsp3) is 0.387. The van der Waals surface area contributed by atoms with Crippen molar-refractivity contribution in [2.75, 3.05) is 32.7 Å². The highest BCUT2D eigenvalue weighted by Gasteiger charge is 2.48. The van der Waals surface area contributed by atoms with E-state index in [0.717, 1.165) is 46.8 Å². The summed E-state index contributed by atoms with van der Waals surface area (Å²) in [7, 11) is 0. The van der Waals surface area contributed by atoms with E-state index in [9.17, 15) is 9.59 Å². The summed E-state index contributed by atoms with van der Waals surface area (Å²) in [5.74, 6) is 1.53. The molecule has 2 aromatic heterocycles. The minimum absolute atomic E-state index is 0.0692. The van der Waals surface area contributed by atoms with Gasteiger partial charge in [0, 0.05) is 48.8 Å². The maximum absolute atomic E-state index is 13.7. The molecule has 0 aliphatic carbocycles. The molecule has 0 unspecified atom stereocenters. The molecule has 3 heterocycles. The van der Waals surface area contributed by atoms with Crippen LogP contribution in [0.4, 0.5) is 0 Å². The van der Waals surface area contributed by atoms with Crippen LogP contribution in [0.1, 0.15) is 60.7 Å². The van der Waals surface area contributed by atoms with Crippen molar-refractivity contribution in [1.29, 1.82) is 0 Å². The van der Waals surface area contributed by atoms with E-state index in [-0.39, 0.29) is 11.8 Å². The molecule has 2 aromatic carbocycles. The summed E-state index contributed by atoms with van der Waals surface area (Å²) in [5, 5.41) is 11.4. The van der Waals surface area contributed by atoms with Gasteiger partial charge in [0.15, 0.2) is 4.96 Å². The first kappa shape index (κ1) is 28.5. The van der Waals surface area contributed by atoms with E-state index in [1.807, 2.05) is 60.0 Å². The molecule has 0 radical (unpaired) electrons. The number of benzene rings is 2. The fourth-order valence-electron chi connectivity index (χ4n) is 5.16. The highest BCUT2D eigenvalue weighted by atomic mass is 32.1. The Hall–Kier alpha value is -4.07. The van der Waals surface area contributed by atoms with Gasteiger partial charge in [-0.05, 0) is 57.2 Å². The van der Waals surface area contributed by atoms with E-state index in [2.05, 4.69) is 40.2 Å². The minimum atomic E-state index is -0.870. The molecule has 0 spiro atoms. The molecule has 0 bridgehead atoms. The van der Waals surface area contributed by atoms with E-state index in [1.54, 1.807) is 4.90 Å². The van der Waals surface area contributed by atoms with E-state index in [1.165, 1.54) is 11.3 Å². The van der Waals surface area contributed by atoms with Gasteiger partial charge in [0.2, 0.25) is 0 Å². The molecular formula is C31H35N7O2S. The van der Waals surface area contributed by atoms with Crippen LogP contribution < -0.4 is 5.32 Å². The first-order valence-electron chi connectivity index (χ1n) is 14.2. The molecule has 10 heteroatoms. The monoisotopic (exact) mass is 569 g/mol. The molecule has 1 N–H and O–H groups in total. The third-order valence-corrected chi connectivity index (χ3v) is 8.57. The number of thiazole rings is 1. The number of nitrogens with zero attached hydrogens (tertiary/aromatic N) is 6. The lowest BCUT2D eigenvalue weighted by Crippen LogP contribution is -2.43. The number of imidazole rings is 1. The highest BCUT2D eigenvalue weighted by molar-refractivity contribution is 7.23. The molecular weight excluding hydrogens is 534 g/mol. The zero-order chi connectivity index (χ0) is 29.0. The Morgan fingerprint density at radius 2 is 1.88 bits per heavy atom. The summed E-state index contributed by atoms with van der Waals surface area (Å²) in [6.07, 6.45) is 9.32. The van der Waals surface area contributed by atoms with Gasteiger partial charge in [0.1, 0.15) is 0 Å². The van der Waals surface area contributed by atoms with Crippen LogP contribution in [0.5, 0.6) is 0 Å². The van der Waals surface area contributed by atoms with Crippen molar-refractivity contribution in [3.05, 3.63) is 59.8 Å². The molecule has 9 nitrogen and oxygen atoms in total. The summed E-state index contributed by atoms with van der Waals surface area (Å²) in [5.41, 5.74) is 3.59. The molecule has 212 valence electrons. The second-order valence-electron chi connectivity index (χ2n) is 9.97. The molecule has 41 heavy (non-hydrogen) atoms. The van der Waals surface area contributed by atoms with Crippen LogP contribution >= 0.6 is 11.3 Å². The van der Waals surface area contributed by atoms with Crippen LogP contribution in [0.2, 0.25) is 0 Å². The number of nitrogens with one attached hydrogen (secondary N) is 1. The van der Waals surface area contributed by atoms with Gasteiger partial charge in [-0.2, -0.15) is 0 Å². The first-order valence-corrected chi connectivity index (χ1v) is 15.0. The summed E-state index contributed by atoms with van der Waals surface area (Å²) in [6, 6.07) is 13.2. The SMILES string of the molecule is C#CCCC1(N(CC)C(=O)c2ccccc2-c2cn3c(n2)sc2cc(C(=O)NCCCN(CC)CC)ccc23)N=N1. The van der Waals surface area contributed by atoms with Gasteiger partial charge >= 0.3 is 0 Å². The lowest BCUT2D eigenvalue weighted by molar-refractivity contribution is 0.0629. The number of aromatic nitrogens is 2. The van der Waals surface area contributed by atoms with Crippen LogP contribution in [-0.2, 0) is 0 Å². The van der Waals surface area contributed by atoms with Gasteiger partial charge < -0.3 is 10.2 Å². The number of carbonyl (C=O) groups excluding carboxylic acids is 2. The predicted molar refractivity (Wildman–Crippen MR) is 163 cm³/mol. The van der Waals surface area contributed by atoms with Gasteiger partial charge in [-0.25, -0.2) is 4.98 Å². The van der Waals surface area contributed by atoms with Gasteiger partial charge in [0.05, 0.1) is 15.9 Å². The number of hydrogen-bond donors (Lipinski definition) is 1. The molecule has 0 fully saturated rings. The molecule has 0 atom stereocenters. The molecule has 1 aliphatic heterocycles. The normalized spacial score (nSPS) is 13.5. The Balaban J connectivity index is 1.35. The molecule has 0 saturated heterocycles. The average molecular weight is 570 g/mol. The lowest BCUT2D eigenvalue weighted by Gasteiger charge is -2.27. The van der Waals surface area contributed by atoms with E-state index >= 15 is 0 Å². The average Bonchev–Trinajstić information content (AvgIpc) is 3.53. The van der Waals surface area contributed by atoms with Gasteiger partial charge in [0.25, 0.3) is 17.6 Å². The first-order chi connectivity index (χ1) is 19.9. The van der Waals surface area contributed by atoms with Gasteiger partial charge in [-0.1, -0.05) is 43.4 Å². The lowest BCUT2D eigenvalue weighted by atomic mass is 10.0. The van der Waals surface area contributed by atoms with Crippen LogP contribution in [0.3, 0.4) is 0 Å². The van der Waals surface area contributed by atoms with E-state index < -0.39 is 5.79 Å². The van der Waals surface area contributed by atoms with Crippen molar-refractivity contribution >= 4 is 38.3 Å². The Labute approximate surface area is 244 Å². The van der Waals surface area contributed by atoms with Crippen molar-refractivity contribution in [1.82, 2.24) is 24.5 Å². The van der Waals surface area contributed by atoms with E-state index in [0.29, 0.717) is 42.8 Å². The van der Waals surface area contributed by atoms with Crippen LogP contribution in [0, 0.1) is 12.3 Å². The Morgan fingerprint density at radius 1 is 1.10 bits per heavy atom. The number of rotatable bonds is 13. The standard InChI is InChI=1S/C31H35N7O2S/c1-5-9-17-31(34-35-31)38(8-4)29(40)24-14-11-10-13-23(24)25-21-37-26-16-15-22(20-27(26)41-30(37)33-25)28(39)32-18-12-19-36(6-2)7-3/h1,10-11,13-16,20-21H,6-9,12,17-19H2,2-4H3,(H,32,39). The van der Waals surface area contributed by atoms with Crippen LogP contribution in [-0.4, -0.2) is 69.5 Å². The predicted octanol–water partition coefficient (Wildman–Crippen LogP) is 5.67. The van der Waals surface area contributed by atoms with Gasteiger partial charge in [-0.15, -0.1) is 22.6 Å². The topological polar surface area (TPSA) is 94.7 Å². The van der Waals surface area contributed by atoms with Crippen LogP contribution in [0.15, 0.2) is 58.9 Å². The molecule has 4 aromatic rings. The third-order valence-electron chi connectivity index (χ3n) is 7.55. The van der Waals surface area contributed by atoms with Crippen molar-refractivity contribution in [2.45, 2.75) is 45.8 Å². The second kappa shape index (κ2) is 12.2. The number of fused-ring (bicyclic) bond motifs is 3. The summed E-state index contributed by atoms with van der Waals surface area (Å²) < 4.78 is 2.99. The smallest absolute Gasteiger partial charge is 0.268 e. The summed E-state index contributed by atoms with van der Waals surface area (Å²) in [6.45, 7) is 10.3. The zero-order valence-electron chi connectivity index (χ0n) is 23.8. The summed E-state index contributed by atoms with van der Waals surface area (Å²) in [4.78, 5) is 36.2. The number of hydrogen-bond acceptors (Lipinski definition) is 7. The number of amides is 2. The van der Waals surface area contributed by atoms with Crippen molar-refractivity contribution in [3.63, 3.8) is 0 Å². The molecule has 1 aliphatic rings. The third kappa shape index (κ3) is 5.73. The maximum atomic E-state index is 13.7. The molecule has 2 amide bonds. The van der Waals surface area contributed by atoms with Crippen molar-refractivity contribution in [3.8, 4) is 23.6 Å². The second-order valence-corrected chi connectivity index (χ2v) is 11.0. The quantitative estimate of drug-likeness (QED) is 0.166. The zero-order valence-corrected chi connectivity index (χ0v) is 24.6. The Kier molecular flexibility index (Phi) is 8.47. The van der Waals surface area contributed by atoms with Crippen LogP contribution in [0.25, 0.3) is 26.4 Å². The number of terminal acetylenes is 1. The fourth-order valence-corrected chi connectivity index (χ4v) is 6.20. The maximum Gasteiger partial charge on any atom is 0.268 e. The Morgan fingerprint density at radius 3 is 2.59 bits per heavy atom. The largest absolute Gasteiger partial charge is 0.352 e. The van der Waals surface area contributed by atoms with Gasteiger partial charge in [-0.3, -0.25) is 18.9 Å². The van der Waals surface area contributed by atoms with Crippen molar-refractivity contribution in [2.24, 2.45) is 10.2 Å². The molecule has 5 rings (SSSR count).